The summed E-state index contributed by atoms with van der Waals surface area (Å²) in [6.45, 7) is 4.94. The van der Waals surface area contributed by atoms with Crippen LogP contribution >= 0.6 is 0 Å². The van der Waals surface area contributed by atoms with Crippen LogP contribution in [0.15, 0.2) is 65.5 Å². The van der Waals surface area contributed by atoms with Gasteiger partial charge in [-0.05, 0) is 74.7 Å². The minimum Gasteiger partial charge on any atom is -0.450 e. The Hall–Kier alpha value is -3.98. The van der Waals surface area contributed by atoms with E-state index in [2.05, 4.69) is 21.0 Å². The number of hydrogen-bond acceptors (Lipinski definition) is 6. The van der Waals surface area contributed by atoms with Crippen LogP contribution in [-0.2, 0) is 11.3 Å². The normalized spacial score (nSPS) is 13.7. The highest BCUT2D eigenvalue weighted by Gasteiger charge is 2.15. The molecule has 9 nitrogen and oxygen atoms in total. The lowest BCUT2D eigenvalue weighted by Crippen LogP contribution is -2.35. The summed E-state index contributed by atoms with van der Waals surface area (Å²) < 4.78 is 6.28. The molecule has 9 heteroatoms. The minimum absolute atomic E-state index is 0.0886. The molecule has 2 heterocycles. The fourth-order valence-corrected chi connectivity index (χ4v) is 4.14. The van der Waals surface area contributed by atoms with Gasteiger partial charge in [-0.15, -0.1) is 0 Å². The van der Waals surface area contributed by atoms with Crippen LogP contribution < -0.4 is 21.5 Å². The maximum absolute atomic E-state index is 12.5. The van der Waals surface area contributed by atoms with Gasteiger partial charge in [0.1, 0.15) is 0 Å². The van der Waals surface area contributed by atoms with Gasteiger partial charge in [0.05, 0.1) is 18.8 Å². The monoisotopic (exact) mass is 489 g/mol. The fraction of sp³-hybridized carbons (Fsp3) is 0.333. The quantitative estimate of drug-likeness (QED) is 0.448. The molecular weight excluding hydrogens is 458 g/mol. The molecule has 1 aliphatic rings. The Morgan fingerprint density at radius 1 is 1.08 bits per heavy atom. The summed E-state index contributed by atoms with van der Waals surface area (Å²) in [7, 11) is 0. The Morgan fingerprint density at radius 3 is 2.61 bits per heavy atom. The van der Waals surface area contributed by atoms with E-state index in [1.165, 1.54) is 10.7 Å². The van der Waals surface area contributed by atoms with Crippen LogP contribution in [0, 0.1) is 5.92 Å². The van der Waals surface area contributed by atoms with Crippen LogP contribution in [0.1, 0.15) is 35.7 Å². The molecule has 188 valence electrons. The molecule has 1 fully saturated rings. The predicted molar refractivity (Wildman–Crippen MR) is 138 cm³/mol. The molecule has 2 aromatic carbocycles. The van der Waals surface area contributed by atoms with Gasteiger partial charge in [0.25, 0.3) is 11.5 Å². The number of ether oxygens (including phenoxy) is 1. The van der Waals surface area contributed by atoms with Gasteiger partial charge in [0, 0.05) is 29.4 Å². The molecule has 36 heavy (non-hydrogen) atoms. The van der Waals surface area contributed by atoms with E-state index in [-0.39, 0.29) is 24.6 Å². The van der Waals surface area contributed by atoms with E-state index in [1.54, 1.807) is 43.3 Å². The van der Waals surface area contributed by atoms with Crippen LogP contribution in [-0.4, -0.2) is 48.0 Å². The second kappa shape index (κ2) is 12.1. The van der Waals surface area contributed by atoms with Crippen molar-refractivity contribution in [1.82, 2.24) is 20.4 Å². The number of piperidine rings is 1. The van der Waals surface area contributed by atoms with Crippen LogP contribution in [0.3, 0.4) is 0 Å². The molecule has 0 radical (unpaired) electrons. The van der Waals surface area contributed by atoms with E-state index in [0.717, 1.165) is 37.1 Å². The van der Waals surface area contributed by atoms with E-state index in [0.29, 0.717) is 29.4 Å². The first-order valence-corrected chi connectivity index (χ1v) is 12.2. The molecule has 1 aliphatic heterocycles. The summed E-state index contributed by atoms with van der Waals surface area (Å²) in [5.74, 6) is 0.427. The minimum atomic E-state index is -0.532. The highest BCUT2D eigenvalue weighted by Crippen LogP contribution is 2.18. The largest absolute Gasteiger partial charge is 0.450 e. The summed E-state index contributed by atoms with van der Waals surface area (Å²) in [5, 5.41) is 13.5. The van der Waals surface area contributed by atoms with Crippen LogP contribution in [0.25, 0.3) is 11.3 Å². The third-order valence-electron chi connectivity index (χ3n) is 6.10. The first-order chi connectivity index (χ1) is 17.5. The molecule has 2 amide bonds. The Morgan fingerprint density at radius 2 is 1.86 bits per heavy atom. The Balaban J connectivity index is 1.42. The van der Waals surface area contributed by atoms with Gasteiger partial charge in [-0.3, -0.25) is 14.9 Å². The number of carbonyl (C=O) groups is 2. The van der Waals surface area contributed by atoms with Gasteiger partial charge in [0.15, 0.2) is 0 Å². The lowest BCUT2D eigenvalue weighted by molar-refractivity contribution is 0.0944. The summed E-state index contributed by atoms with van der Waals surface area (Å²) in [6.07, 6.45) is 1.62. The molecule has 3 N–H and O–H groups in total. The topological polar surface area (TPSA) is 114 Å². The average Bonchev–Trinajstić information content (AvgIpc) is 2.89. The van der Waals surface area contributed by atoms with Gasteiger partial charge < -0.3 is 15.4 Å². The van der Waals surface area contributed by atoms with E-state index in [4.69, 9.17) is 4.74 Å². The standard InChI is InChI=1S/C27H31N5O4/c1-2-36-27(35)30-23-5-3-4-20(16-23)18-32-25(33)11-10-24(31-32)21-6-8-22(9-7-21)26(34)29-17-19-12-14-28-15-13-19/h3-11,16,19,28H,2,12-15,17-18H2,1H3,(H,29,34)(H,30,35). The smallest absolute Gasteiger partial charge is 0.411 e. The first-order valence-electron chi connectivity index (χ1n) is 12.2. The summed E-state index contributed by atoms with van der Waals surface area (Å²) in [5.41, 5.74) is 3.15. The Bertz CT molecular complexity index is 1250. The molecule has 0 spiro atoms. The SMILES string of the molecule is CCOC(=O)Nc1cccc(Cn2nc(-c3ccc(C(=O)NCC4CCNCC4)cc3)ccc2=O)c1. The van der Waals surface area contributed by atoms with Crippen molar-refractivity contribution >= 4 is 17.7 Å². The predicted octanol–water partition coefficient (Wildman–Crippen LogP) is 3.26. The number of carbonyl (C=O) groups excluding carboxylic acids is 2. The Kier molecular flexibility index (Phi) is 8.46. The van der Waals surface area contributed by atoms with Crippen LogP contribution in [0.5, 0.6) is 0 Å². The van der Waals surface area contributed by atoms with Crippen molar-refractivity contribution in [3.8, 4) is 11.3 Å². The second-order valence-corrected chi connectivity index (χ2v) is 8.74. The van der Waals surface area contributed by atoms with E-state index in [1.807, 2.05) is 18.2 Å². The molecule has 0 bridgehead atoms. The van der Waals surface area contributed by atoms with E-state index >= 15 is 0 Å². The molecule has 1 aromatic heterocycles. The fourth-order valence-electron chi connectivity index (χ4n) is 4.14. The average molecular weight is 490 g/mol. The molecule has 0 saturated carbocycles. The molecule has 4 rings (SSSR count). The number of nitrogens with one attached hydrogen (secondary N) is 3. The summed E-state index contributed by atoms with van der Waals surface area (Å²) in [4.78, 5) is 36.7. The highest BCUT2D eigenvalue weighted by atomic mass is 16.5. The number of benzene rings is 2. The lowest BCUT2D eigenvalue weighted by Gasteiger charge is -2.22. The van der Waals surface area contributed by atoms with E-state index in [9.17, 15) is 14.4 Å². The van der Waals surface area contributed by atoms with Crippen molar-refractivity contribution in [2.24, 2.45) is 5.92 Å². The highest BCUT2D eigenvalue weighted by molar-refractivity contribution is 5.94. The van der Waals surface area contributed by atoms with Gasteiger partial charge >= 0.3 is 6.09 Å². The van der Waals surface area contributed by atoms with Crippen molar-refractivity contribution in [2.75, 3.05) is 31.6 Å². The zero-order chi connectivity index (χ0) is 25.3. The zero-order valence-corrected chi connectivity index (χ0v) is 20.3. The van der Waals surface area contributed by atoms with Crippen LogP contribution in [0.2, 0.25) is 0 Å². The number of aromatic nitrogens is 2. The van der Waals surface area contributed by atoms with Crippen molar-refractivity contribution in [1.29, 1.82) is 0 Å². The number of rotatable bonds is 8. The molecule has 0 atom stereocenters. The molecule has 0 unspecified atom stereocenters. The molecule has 1 saturated heterocycles. The molecule has 3 aromatic rings. The number of amides is 2. The molecule has 0 aliphatic carbocycles. The maximum Gasteiger partial charge on any atom is 0.411 e. The first kappa shape index (κ1) is 25.1. The van der Waals surface area contributed by atoms with Gasteiger partial charge in [-0.1, -0.05) is 24.3 Å². The maximum atomic E-state index is 12.5. The van der Waals surface area contributed by atoms with Crippen molar-refractivity contribution < 1.29 is 14.3 Å². The molecular formula is C27H31N5O4. The van der Waals surface area contributed by atoms with Gasteiger partial charge in [0.2, 0.25) is 0 Å². The number of anilines is 1. The number of nitrogens with zero attached hydrogens (tertiary/aromatic N) is 2. The second-order valence-electron chi connectivity index (χ2n) is 8.74. The van der Waals surface area contributed by atoms with Crippen molar-refractivity contribution in [3.05, 3.63) is 82.1 Å². The number of hydrogen-bond donors (Lipinski definition) is 3. The van der Waals surface area contributed by atoms with Crippen molar-refractivity contribution in [2.45, 2.75) is 26.3 Å². The third kappa shape index (κ3) is 6.79. The lowest BCUT2D eigenvalue weighted by atomic mass is 9.98. The van der Waals surface area contributed by atoms with Gasteiger partial charge in [-0.25, -0.2) is 9.48 Å². The zero-order valence-electron chi connectivity index (χ0n) is 20.3. The third-order valence-corrected chi connectivity index (χ3v) is 6.10. The van der Waals surface area contributed by atoms with Gasteiger partial charge in [-0.2, -0.15) is 5.10 Å². The summed E-state index contributed by atoms with van der Waals surface area (Å²) in [6, 6.07) is 17.5. The van der Waals surface area contributed by atoms with Crippen LogP contribution in [0.4, 0.5) is 10.5 Å². The summed E-state index contributed by atoms with van der Waals surface area (Å²) >= 11 is 0. The Labute approximate surface area is 209 Å². The van der Waals surface area contributed by atoms with E-state index < -0.39 is 6.09 Å². The van der Waals surface area contributed by atoms with Crippen molar-refractivity contribution in [3.63, 3.8) is 0 Å².